The summed E-state index contributed by atoms with van der Waals surface area (Å²) in [5, 5.41) is 3.18. The van der Waals surface area contributed by atoms with Gasteiger partial charge in [0.25, 0.3) is 0 Å². The van der Waals surface area contributed by atoms with Crippen LogP contribution in [0.15, 0.2) is 48.5 Å². The van der Waals surface area contributed by atoms with E-state index in [1.54, 1.807) is 11.0 Å². The molecule has 9 heteroatoms. The van der Waals surface area contributed by atoms with Gasteiger partial charge in [0.05, 0.1) is 0 Å². The van der Waals surface area contributed by atoms with Crippen LogP contribution in [-0.4, -0.2) is 42.5 Å². The molecule has 0 aliphatic carbocycles. The molecule has 0 atom stereocenters. The fourth-order valence-corrected chi connectivity index (χ4v) is 3.93. The predicted molar refractivity (Wildman–Crippen MR) is 129 cm³/mol. The van der Waals surface area contributed by atoms with Crippen molar-refractivity contribution in [2.45, 2.75) is 46.0 Å². The smallest absolute Gasteiger partial charge is 0.337 e. The first-order valence-electron chi connectivity index (χ1n) is 11.2. The summed E-state index contributed by atoms with van der Waals surface area (Å²) in [5.74, 6) is -2.22. The van der Waals surface area contributed by atoms with Gasteiger partial charge < -0.3 is 10.2 Å². The Balaban J connectivity index is 0.00000408. The lowest BCUT2D eigenvalue weighted by molar-refractivity contribution is -0.170. The summed E-state index contributed by atoms with van der Waals surface area (Å²) in [4.78, 5) is 27.9. The minimum absolute atomic E-state index is 0. The Kier molecular flexibility index (Phi) is 9.94. The maximum absolute atomic E-state index is 13.5. The van der Waals surface area contributed by atoms with E-state index < -0.39 is 24.5 Å². The van der Waals surface area contributed by atoms with Gasteiger partial charge in [0.2, 0.25) is 5.91 Å². The van der Waals surface area contributed by atoms with Gasteiger partial charge in [-0.05, 0) is 48.1 Å². The SMILES string of the molecule is CC(C)CCN(Cc1ccccc1)C(=O)CN(C(=O)C(F)(F)F)c1cccc2c1CCNC2.Cl. The maximum atomic E-state index is 13.5. The Labute approximate surface area is 204 Å². The van der Waals surface area contributed by atoms with Crippen LogP contribution >= 0.6 is 12.4 Å². The summed E-state index contributed by atoms with van der Waals surface area (Å²) in [6.45, 7) is 5.17. The molecule has 1 aliphatic heterocycles. The van der Waals surface area contributed by atoms with E-state index in [0.717, 1.165) is 11.1 Å². The van der Waals surface area contributed by atoms with Gasteiger partial charge in [0, 0.05) is 25.3 Å². The molecule has 2 amide bonds. The first kappa shape index (κ1) is 27.7. The molecule has 3 rings (SSSR count). The normalized spacial score (nSPS) is 13.1. The molecule has 2 aromatic carbocycles. The number of benzene rings is 2. The molecule has 34 heavy (non-hydrogen) atoms. The third kappa shape index (κ3) is 7.21. The summed E-state index contributed by atoms with van der Waals surface area (Å²) >= 11 is 0. The molecule has 1 aliphatic rings. The summed E-state index contributed by atoms with van der Waals surface area (Å²) < 4.78 is 40.6. The number of carbonyl (C=O) groups excluding carboxylic acids is 2. The fraction of sp³-hybridized carbons (Fsp3) is 0.440. The zero-order valence-corrected chi connectivity index (χ0v) is 20.2. The number of hydrogen-bond donors (Lipinski definition) is 1. The van der Waals surface area contributed by atoms with E-state index in [1.165, 1.54) is 6.07 Å². The number of halogens is 4. The summed E-state index contributed by atoms with van der Waals surface area (Å²) in [7, 11) is 0. The van der Waals surface area contributed by atoms with E-state index in [1.807, 2.05) is 50.2 Å². The van der Waals surface area contributed by atoms with E-state index in [9.17, 15) is 22.8 Å². The van der Waals surface area contributed by atoms with Gasteiger partial charge in [-0.1, -0.05) is 56.3 Å². The lowest BCUT2D eigenvalue weighted by atomic mass is 9.98. The van der Waals surface area contributed by atoms with Crippen LogP contribution in [0.5, 0.6) is 0 Å². The van der Waals surface area contributed by atoms with Gasteiger partial charge >= 0.3 is 12.1 Å². The Bertz CT molecular complexity index is 968. The second-order valence-corrected chi connectivity index (χ2v) is 8.71. The van der Waals surface area contributed by atoms with Crippen molar-refractivity contribution >= 4 is 29.9 Å². The highest BCUT2D eigenvalue weighted by Crippen LogP contribution is 2.30. The molecule has 0 saturated heterocycles. The molecule has 0 radical (unpaired) electrons. The van der Waals surface area contributed by atoms with Crippen LogP contribution in [0, 0.1) is 5.92 Å². The number of nitrogens with one attached hydrogen (secondary N) is 1. The predicted octanol–water partition coefficient (Wildman–Crippen LogP) is 4.72. The van der Waals surface area contributed by atoms with Gasteiger partial charge in [-0.2, -0.15) is 13.2 Å². The Morgan fingerprint density at radius 3 is 2.41 bits per heavy atom. The molecule has 0 unspecified atom stereocenters. The molecule has 186 valence electrons. The highest BCUT2D eigenvalue weighted by molar-refractivity contribution is 6.02. The van der Waals surface area contributed by atoms with Gasteiger partial charge in [-0.3, -0.25) is 14.5 Å². The summed E-state index contributed by atoms with van der Waals surface area (Å²) in [5.41, 5.74) is 2.56. The second kappa shape index (κ2) is 12.2. The van der Waals surface area contributed by atoms with Gasteiger partial charge in [0.1, 0.15) is 6.54 Å². The van der Waals surface area contributed by atoms with Crippen molar-refractivity contribution in [1.29, 1.82) is 0 Å². The number of anilines is 1. The van der Waals surface area contributed by atoms with Crippen molar-refractivity contribution in [1.82, 2.24) is 10.2 Å². The van der Waals surface area contributed by atoms with E-state index >= 15 is 0 Å². The minimum atomic E-state index is -5.09. The first-order chi connectivity index (χ1) is 15.7. The number of hydrogen-bond acceptors (Lipinski definition) is 3. The molecule has 0 saturated carbocycles. The lowest BCUT2D eigenvalue weighted by Crippen LogP contribution is -2.48. The number of amides is 2. The van der Waals surface area contributed by atoms with Crippen molar-refractivity contribution in [3.05, 3.63) is 65.2 Å². The molecule has 1 N–H and O–H groups in total. The van der Waals surface area contributed by atoms with E-state index in [-0.39, 0.29) is 24.6 Å². The highest BCUT2D eigenvalue weighted by Gasteiger charge is 2.44. The molecule has 1 heterocycles. The van der Waals surface area contributed by atoms with Gasteiger partial charge in [-0.25, -0.2) is 0 Å². The number of nitrogens with zero attached hydrogens (tertiary/aromatic N) is 2. The Hall–Kier alpha value is -2.58. The van der Waals surface area contributed by atoms with Crippen LogP contribution in [-0.2, 0) is 29.1 Å². The van der Waals surface area contributed by atoms with Crippen molar-refractivity contribution in [2.24, 2.45) is 5.92 Å². The molecule has 0 aromatic heterocycles. The van der Waals surface area contributed by atoms with Crippen molar-refractivity contribution < 1.29 is 22.8 Å². The van der Waals surface area contributed by atoms with Crippen LogP contribution in [0.3, 0.4) is 0 Å². The highest BCUT2D eigenvalue weighted by atomic mass is 35.5. The average Bonchev–Trinajstić information content (AvgIpc) is 2.79. The zero-order valence-electron chi connectivity index (χ0n) is 19.4. The van der Waals surface area contributed by atoms with E-state index in [2.05, 4.69) is 5.32 Å². The molecule has 0 fully saturated rings. The Morgan fingerprint density at radius 1 is 1.06 bits per heavy atom. The van der Waals surface area contributed by atoms with Gasteiger partial charge in [-0.15, -0.1) is 12.4 Å². The van der Waals surface area contributed by atoms with Crippen molar-refractivity contribution in [3.8, 4) is 0 Å². The maximum Gasteiger partial charge on any atom is 0.471 e. The molecular weight excluding hydrogens is 467 g/mol. The van der Waals surface area contributed by atoms with Crippen LogP contribution < -0.4 is 10.2 Å². The monoisotopic (exact) mass is 497 g/mol. The molecule has 0 spiro atoms. The third-order valence-corrected chi connectivity index (χ3v) is 5.73. The first-order valence-corrected chi connectivity index (χ1v) is 11.2. The molecule has 2 aromatic rings. The quantitative estimate of drug-likeness (QED) is 0.574. The standard InChI is InChI=1S/C25H30F3N3O2.ClH/c1-18(2)12-14-30(16-19-7-4-3-5-8-19)23(32)17-31(24(33)25(26,27)28)22-10-6-9-20-15-29-13-11-21(20)22;/h3-10,18,29H,11-17H2,1-2H3;1H. The molecule has 5 nitrogen and oxygen atoms in total. The van der Waals surface area contributed by atoms with Crippen molar-refractivity contribution in [3.63, 3.8) is 0 Å². The summed E-state index contributed by atoms with van der Waals surface area (Å²) in [6, 6.07) is 14.3. The van der Waals surface area contributed by atoms with E-state index in [0.29, 0.717) is 48.9 Å². The van der Waals surface area contributed by atoms with Crippen LogP contribution in [0.2, 0.25) is 0 Å². The Morgan fingerprint density at radius 2 is 1.76 bits per heavy atom. The second-order valence-electron chi connectivity index (χ2n) is 8.71. The topological polar surface area (TPSA) is 52.7 Å². The minimum Gasteiger partial charge on any atom is -0.337 e. The largest absolute Gasteiger partial charge is 0.471 e. The number of fused-ring (bicyclic) bond motifs is 1. The van der Waals surface area contributed by atoms with Crippen LogP contribution in [0.1, 0.15) is 37.0 Å². The number of alkyl halides is 3. The molecule has 0 bridgehead atoms. The van der Waals surface area contributed by atoms with Crippen LogP contribution in [0.25, 0.3) is 0 Å². The van der Waals surface area contributed by atoms with Gasteiger partial charge in [0.15, 0.2) is 0 Å². The van der Waals surface area contributed by atoms with Crippen molar-refractivity contribution in [2.75, 3.05) is 24.5 Å². The van der Waals surface area contributed by atoms with E-state index in [4.69, 9.17) is 0 Å². The average molecular weight is 498 g/mol. The molecular formula is C25H31ClF3N3O2. The number of carbonyl (C=O) groups is 2. The third-order valence-electron chi connectivity index (χ3n) is 5.73. The zero-order chi connectivity index (χ0) is 24.0. The summed E-state index contributed by atoms with van der Waals surface area (Å²) in [6.07, 6.45) is -3.89. The lowest BCUT2D eigenvalue weighted by Gasteiger charge is -2.31. The number of rotatable bonds is 8. The van der Waals surface area contributed by atoms with Crippen LogP contribution in [0.4, 0.5) is 18.9 Å². The fourth-order valence-electron chi connectivity index (χ4n) is 3.93.